The summed E-state index contributed by atoms with van der Waals surface area (Å²) >= 11 is 3.36. The average molecular weight is 334 g/mol. The molecule has 1 heterocycles. The molecule has 0 aromatic heterocycles. The average Bonchev–Trinajstić information content (AvgIpc) is 2.80. The van der Waals surface area contributed by atoms with Gasteiger partial charge in [-0.25, -0.2) is 9.20 Å². The predicted octanol–water partition coefficient (Wildman–Crippen LogP) is 3.46. The summed E-state index contributed by atoms with van der Waals surface area (Å²) in [7, 11) is -1.24. The molecular weight excluding hydrogens is 326 g/mol. The molecule has 0 radical (unpaired) electrons. The van der Waals surface area contributed by atoms with E-state index in [-0.39, 0.29) is 5.78 Å². The smallest absolute Gasteiger partial charge is 0.194 e. The summed E-state index contributed by atoms with van der Waals surface area (Å²) in [6, 6.07) is 12.3. The Morgan fingerprint density at radius 3 is 2.74 bits per heavy atom. The van der Waals surface area contributed by atoms with Crippen LogP contribution < -0.4 is 0 Å². The van der Waals surface area contributed by atoms with Gasteiger partial charge in [0.1, 0.15) is 0 Å². The zero-order valence-electron chi connectivity index (χ0n) is 9.67. The van der Waals surface area contributed by atoms with Gasteiger partial charge in [-0.1, -0.05) is 28.1 Å². The number of halogens is 1. The van der Waals surface area contributed by atoms with E-state index in [1.165, 1.54) is 5.55 Å². The van der Waals surface area contributed by atoms with Crippen molar-refractivity contribution in [3.63, 3.8) is 0 Å². The molecule has 0 aliphatic carbocycles. The summed E-state index contributed by atoms with van der Waals surface area (Å²) < 4.78 is 12.4. The minimum atomic E-state index is -1.24. The lowest BCUT2D eigenvalue weighted by Crippen LogP contribution is -2.02. The van der Waals surface area contributed by atoms with Crippen molar-refractivity contribution in [1.82, 2.24) is 0 Å². The van der Waals surface area contributed by atoms with Crippen molar-refractivity contribution in [2.24, 2.45) is 4.99 Å². The summed E-state index contributed by atoms with van der Waals surface area (Å²) in [6.45, 7) is 0. The van der Waals surface area contributed by atoms with Gasteiger partial charge < -0.3 is 0 Å². The first-order chi connectivity index (χ1) is 9.16. The van der Waals surface area contributed by atoms with Gasteiger partial charge in [0.2, 0.25) is 0 Å². The van der Waals surface area contributed by atoms with E-state index in [0.29, 0.717) is 21.7 Å². The summed E-state index contributed by atoms with van der Waals surface area (Å²) in [5.41, 5.74) is 3.16. The zero-order chi connectivity index (χ0) is 13.4. The molecule has 2 aromatic rings. The molecule has 0 saturated heterocycles. The van der Waals surface area contributed by atoms with Gasteiger partial charge >= 0.3 is 0 Å². The lowest BCUT2D eigenvalue weighted by Gasteiger charge is -2.05. The molecule has 1 atom stereocenters. The minimum absolute atomic E-state index is 0.0980. The molecule has 94 valence electrons. The second kappa shape index (κ2) is 4.83. The summed E-state index contributed by atoms with van der Waals surface area (Å²) in [5, 5.41) is 0. The third-order valence-corrected chi connectivity index (χ3v) is 4.59. The van der Waals surface area contributed by atoms with Crippen LogP contribution in [0.3, 0.4) is 0 Å². The van der Waals surface area contributed by atoms with Gasteiger partial charge in [0.15, 0.2) is 5.78 Å². The van der Waals surface area contributed by atoms with Gasteiger partial charge in [-0.2, -0.15) is 0 Å². The van der Waals surface area contributed by atoms with E-state index in [0.717, 1.165) is 4.47 Å². The molecule has 0 bridgehead atoms. The van der Waals surface area contributed by atoms with Crippen LogP contribution in [0.4, 0.5) is 5.69 Å². The van der Waals surface area contributed by atoms with Crippen LogP contribution in [0.25, 0.3) is 0 Å². The molecule has 1 unspecified atom stereocenters. The molecule has 0 saturated carbocycles. The summed E-state index contributed by atoms with van der Waals surface area (Å²) in [6.07, 6.45) is 0. The second-order valence-electron chi connectivity index (χ2n) is 4.02. The highest BCUT2D eigenvalue weighted by molar-refractivity contribution is 9.10. The fourth-order valence-corrected chi connectivity index (χ4v) is 3.24. The molecule has 0 N–H and O–H groups in total. The van der Waals surface area contributed by atoms with E-state index in [1.54, 1.807) is 24.3 Å². The van der Waals surface area contributed by atoms with Gasteiger partial charge in [-0.3, -0.25) is 4.79 Å². The van der Waals surface area contributed by atoms with E-state index < -0.39 is 10.8 Å². The van der Waals surface area contributed by atoms with Crippen molar-refractivity contribution >= 4 is 43.7 Å². The Labute approximate surface area is 121 Å². The number of rotatable bonds is 2. The molecule has 3 nitrogen and oxygen atoms in total. The maximum atomic E-state index is 12.4. The van der Waals surface area contributed by atoms with Crippen LogP contribution in [0.1, 0.15) is 15.9 Å². The Balaban J connectivity index is 2.05. The third-order valence-electron chi connectivity index (χ3n) is 2.84. The molecule has 0 amide bonds. The number of carbonyl (C=O) groups is 1. The lowest BCUT2D eigenvalue weighted by atomic mass is 10.0. The van der Waals surface area contributed by atoms with Crippen LogP contribution >= 0.6 is 15.9 Å². The fraction of sp³-hybridized carbons (Fsp3) is 0. The van der Waals surface area contributed by atoms with E-state index >= 15 is 0 Å². The molecule has 1 aliphatic heterocycles. The maximum Gasteiger partial charge on any atom is 0.194 e. The Kier molecular flexibility index (Phi) is 3.16. The van der Waals surface area contributed by atoms with E-state index in [2.05, 4.69) is 20.9 Å². The van der Waals surface area contributed by atoms with E-state index in [1.807, 2.05) is 18.2 Å². The molecule has 5 heteroatoms. The van der Waals surface area contributed by atoms with Crippen LogP contribution in [-0.4, -0.2) is 15.5 Å². The summed E-state index contributed by atoms with van der Waals surface area (Å²) in [4.78, 5) is 17.0. The maximum absolute atomic E-state index is 12.4. The van der Waals surface area contributed by atoms with Crippen LogP contribution in [0, 0.1) is 0 Å². The molecule has 1 aliphatic rings. The van der Waals surface area contributed by atoms with Crippen LogP contribution in [0.5, 0.6) is 0 Å². The number of ketones is 1. The van der Waals surface area contributed by atoms with Crippen LogP contribution in [0.2, 0.25) is 0 Å². The largest absolute Gasteiger partial charge is 0.289 e. The van der Waals surface area contributed by atoms with Crippen molar-refractivity contribution in [3.8, 4) is 0 Å². The third kappa shape index (κ3) is 2.19. The van der Waals surface area contributed by atoms with E-state index in [9.17, 15) is 9.00 Å². The van der Waals surface area contributed by atoms with Crippen molar-refractivity contribution in [3.05, 3.63) is 58.1 Å². The van der Waals surface area contributed by atoms with Crippen molar-refractivity contribution in [2.75, 3.05) is 0 Å². The van der Waals surface area contributed by atoms with Crippen molar-refractivity contribution in [2.45, 2.75) is 4.90 Å². The Bertz CT molecular complexity index is 740. The number of nitrogens with zero attached hydrogens (tertiary/aromatic N) is 1. The molecule has 0 spiro atoms. The van der Waals surface area contributed by atoms with Gasteiger partial charge in [-0.05, 0) is 30.3 Å². The lowest BCUT2D eigenvalue weighted by molar-refractivity contribution is 0.103. The quantitative estimate of drug-likeness (QED) is 0.790. The van der Waals surface area contributed by atoms with E-state index in [4.69, 9.17) is 0 Å². The number of aliphatic imine (C=N–C) groups is 1. The monoisotopic (exact) mass is 333 g/mol. The second-order valence-corrected chi connectivity index (χ2v) is 6.12. The Morgan fingerprint density at radius 1 is 1.16 bits per heavy atom. The first-order valence-electron chi connectivity index (χ1n) is 5.55. The standard InChI is InChI=1S/C14H8BrNO2S/c15-11-4-2-1-3-10(11)14(17)9-5-6-12-13(7-9)19(18)8-16-12/h1-8H. The number of benzene rings is 2. The normalized spacial score (nSPS) is 16.4. The SMILES string of the molecule is O=C(c1ccc2c(c1)S(=O)C=N2)c1ccccc1Br. The highest BCUT2D eigenvalue weighted by Crippen LogP contribution is 2.29. The minimum Gasteiger partial charge on any atom is -0.289 e. The molecule has 2 aromatic carbocycles. The first kappa shape index (κ1) is 12.4. The number of fused-ring (bicyclic) bond motifs is 1. The van der Waals surface area contributed by atoms with Gasteiger partial charge in [0.25, 0.3) is 0 Å². The van der Waals surface area contributed by atoms with Crippen LogP contribution in [-0.2, 0) is 10.8 Å². The number of hydrogen-bond donors (Lipinski definition) is 0. The highest BCUT2D eigenvalue weighted by Gasteiger charge is 2.18. The molecule has 19 heavy (non-hydrogen) atoms. The van der Waals surface area contributed by atoms with Gasteiger partial charge in [-0.15, -0.1) is 0 Å². The van der Waals surface area contributed by atoms with Crippen LogP contribution in [0.15, 0.2) is 56.8 Å². The molecule has 0 fully saturated rings. The molecular formula is C14H8BrNO2S. The zero-order valence-corrected chi connectivity index (χ0v) is 12.1. The molecule has 3 rings (SSSR count). The van der Waals surface area contributed by atoms with Crippen molar-refractivity contribution < 1.29 is 9.00 Å². The number of carbonyl (C=O) groups excluding carboxylic acids is 1. The number of hydrogen-bond acceptors (Lipinski definition) is 3. The van der Waals surface area contributed by atoms with Gasteiger partial charge in [0, 0.05) is 15.6 Å². The fourth-order valence-electron chi connectivity index (χ4n) is 1.89. The Morgan fingerprint density at radius 2 is 1.95 bits per heavy atom. The Hall–Kier alpha value is -1.59. The highest BCUT2D eigenvalue weighted by atomic mass is 79.9. The first-order valence-corrected chi connectivity index (χ1v) is 7.55. The topological polar surface area (TPSA) is 46.5 Å². The summed E-state index contributed by atoms with van der Waals surface area (Å²) in [5.74, 6) is -0.0980. The van der Waals surface area contributed by atoms with Gasteiger partial charge in [0.05, 0.1) is 26.9 Å². The van der Waals surface area contributed by atoms with Crippen molar-refractivity contribution in [1.29, 1.82) is 0 Å². The predicted molar refractivity (Wildman–Crippen MR) is 78.6 cm³/mol.